The van der Waals surface area contributed by atoms with Crippen molar-refractivity contribution in [3.8, 4) is 22.3 Å². The van der Waals surface area contributed by atoms with Crippen LogP contribution in [0.15, 0.2) is 120 Å². The third-order valence-corrected chi connectivity index (χ3v) is 8.65. The standard InChI is InChI=1S/C39H38BrClO/c1-37(2,3)31-20-27(21-32(24-31)38(4,5)6)26-19-28(23-33(40)22-26)35-18-17-34(41)25-36(35)39(42,29-13-9-7-10-14-29)30-15-11-8-12-16-30/h7-25,42H,1-6H3. The molecule has 214 valence electrons. The molecule has 3 heteroatoms. The molecule has 1 nitrogen and oxygen atoms in total. The van der Waals surface area contributed by atoms with Crippen molar-refractivity contribution in [1.82, 2.24) is 0 Å². The molecule has 0 aliphatic rings. The van der Waals surface area contributed by atoms with Crippen LogP contribution >= 0.6 is 27.5 Å². The van der Waals surface area contributed by atoms with Gasteiger partial charge in [0.15, 0.2) is 0 Å². The smallest absolute Gasteiger partial charge is 0.141 e. The molecular weight excluding hydrogens is 600 g/mol. The topological polar surface area (TPSA) is 20.2 Å². The van der Waals surface area contributed by atoms with Crippen molar-refractivity contribution in [2.75, 3.05) is 0 Å². The molecule has 42 heavy (non-hydrogen) atoms. The number of aliphatic hydroxyl groups is 1. The summed E-state index contributed by atoms with van der Waals surface area (Å²) < 4.78 is 0.970. The Morgan fingerprint density at radius 2 is 1.00 bits per heavy atom. The Hall–Kier alpha value is -3.17. The van der Waals surface area contributed by atoms with E-state index in [1.807, 2.05) is 78.9 Å². The van der Waals surface area contributed by atoms with Crippen molar-refractivity contribution in [1.29, 1.82) is 0 Å². The summed E-state index contributed by atoms with van der Waals surface area (Å²) in [6.07, 6.45) is 0. The van der Waals surface area contributed by atoms with E-state index < -0.39 is 5.60 Å². The lowest BCUT2D eigenvalue weighted by atomic mass is 9.77. The van der Waals surface area contributed by atoms with Crippen LogP contribution in [0.2, 0.25) is 5.02 Å². The molecule has 0 fully saturated rings. The minimum Gasteiger partial charge on any atom is -0.376 e. The Morgan fingerprint density at radius 1 is 0.524 bits per heavy atom. The van der Waals surface area contributed by atoms with E-state index in [4.69, 9.17) is 11.6 Å². The van der Waals surface area contributed by atoms with Crippen LogP contribution in [0.1, 0.15) is 69.4 Å². The van der Waals surface area contributed by atoms with Gasteiger partial charge in [0.1, 0.15) is 5.60 Å². The summed E-state index contributed by atoms with van der Waals surface area (Å²) in [6.45, 7) is 13.6. The highest BCUT2D eigenvalue weighted by Crippen LogP contribution is 2.44. The van der Waals surface area contributed by atoms with Crippen molar-refractivity contribution in [3.05, 3.63) is 153 Å². The molecule has 5 rings (SSSR count). The maximum atomic E-state index is 12.7. The molecule has 0 amide bonds. The average Bonchev–Trinajstić information content (AvgIpc) is 2.96. The summed E-state index contributed by atoms with van der Waals surface area (Å²) in [5.41, 5.74) is 7.70. The Kier molecular flexibility index (Phi) is 8.29. The maximum Gasteiger partial charge on any atom is 0.141 e. The van der Waals surface area contributed by atoms with Crippen LogP contribution in [-0.2, 0) is 16.4 Å². The fourth-order valence-electron chi connectivity index (χ4n) is 5.48. The van der Waals surface area contributed by atoms with Crippen molar-refractivity contribution in [2.45, 2.75) is 58.0 Å². The van der Waals surface area contributed by atoms with Gasteiger partial charge in [-0.2, -0.15) is 0 Å². The number of hydrogen-bond donors (Lipinski definition) is 1. The second-order valence-electron chi connectivity index (χ2n) is 13.2. The van der Waals surface area contributed by atoms with E-state index in [1.165, 1.54) is 16.7 Å². The largest absolute Gasteiger partial charge is 0.376 e. The van der Waals surface area contributed by atoms with Crippen molar-refractivity contribution in [3.63, 3.8) is 0 Å². The number of rotatable bonds is 5. The molecule has 0 atom stereocenters. The number of halogens is 2. The molecule has 1 N–H and O–H groups in total. The van der Waals surface area contributed by atoms with Crippen molar-refractivity contribution >= 4 is 27.5 Å². The summed E-state index contributed by atoms with van der Waals surface area (Å²) in [5, 5.41) is 13.3. The second-order valence-corrected chi connectivity index (χ2v) is 14.5. The Balaban J connectivity index is 1.76. The van der Waals surface area contributed by atoms with Gasteiger partial charge in [0.2, 0.25) is 0 Å². The predicted octanol–water partition coefficient (Wildman–Crippen LogP) is 11.3. The van der Waals surface area contributed by atoms with E-state index >= 15 is 0 Å². The summed E-state index contributed by atoms with van der Waals surface area (Å²) in [7, 11) is 0. The van der Waals surface area contributed by atoms with Gasteiger partial charge in [0.05, 0.1) is 0 Å². The van der Waals surface area contributed by atoms with Gasteiger partial charge >= 0.3 is 0 Å². The van der Waals surface area contributed by atoms with Crippen LogP contribution in [0.25, 0.3) is 22.3 Å². The third kappa shape index (κ3) is 6.13. The van der Waals surface area contributed by atoms with Crippen LogP contribution in [0.3, 0.4) is 0 Å². The lowest BCUT2D eigenvalue weighted by Crippen LogP contribution is -2.29. The SMILES string of the molecule is CC(C)(C)c1cc(-c2cc(Br)cc(-c3ccc(Cl)cc3C(O)(c3ccccc3)c3ccccc3)c2)cc(C(C)(C)C)c1. The number of benzene rings is 5. The highest BCUT2D eigenvalue weighted by molar-refractivity contribution is 9.10. The zero-order valence-corrected chi connectivity index (χ0v) is 27.5. The second kappa shape index (κ2) is 11.5. The molecule has 0 spiro atoms. The first kappa shape index (κ1) is 30.3. The minimum atomic E-state index is -1.42. The normalized spacial score (nSPS) is 12.4. The van der Waals surface area contributed by atoms with Crippen LogP contribution in [0, 0.1) is 0 Å². The molecule has 0 heterocycles. The lowest BCUT2D eigenvalue weighted by Gasteiger charge is -2.32. The highest BCUT2D eigenvalue weighted by atomic mass is 79.9. The fourth-order valence-corrected chi connectivity index (χ4v) is 6.14. The third-order valence-electron chi connectivity index (χ3n) is 7.96. The highest BCUT2D eigenvalue weighted by Gasteiger charge is 2.36. The minimum absolute atomic E-state index is 0.00998. The Labute approximate surface area is 264 Å². The van der Waals surface area contributed by atoms with Gasteiger partial charge in [0.25, 0.3) is 0 Å². The maximum absolute atomic E-state index is 12.7. The van der Waals surface area contributed by atoms with E-state index in [1.54, 1.807) is 0 Å². The summed E-state index contributed by atoms with van der Waals surface area (Å²) in [5.74, 6) is 0. The van der Waals surface area contributed by atoms with E-state index in [0.29, 0.717) is 5.02 Å². The summed E-state index contributed by atoms with van der Waals surface area (Å²) in [6, 6.07) is 38.9. The van der Waals surface area contributed by atoms with Crippen molar-refractivity contribution in [2.24, 2.45) is 0 Å². The molecule has 0 bridgehead atoms. The fraction of sp³-hybridized carbons (Fsp3) is 0.231. The molecular formula is C39H38BrClO. The quantitative estimate of drug-likeness (QED) is 0.190. The van der Waals surface area contributed by atoms with Crippen LogP contribution < -0.4 is 0 Å². The molecule has 0 aliphatic carbocycles. The van der Waals surface area contributed by atoms with Gasteiger partial charge in [-0.05, 0) is 85.7 Å². The molecule has 0 aliphatic heterocycles. The van der Waals surface area contributed by atoms with Gasteiger partial charge in [0, 0.05) is 15.1 Å². The van der Waals surface area contributed by atoms with Gasteiger partial charge in [-0.3, -0.25) is 0 Å². The van der Waals surface area contributed by atoms with Crippen LogP contribution in [-0.4, -0.2) is 5.11 Å². The Bertz CT molecular complexity index is 1640. The Morgan fingerprint density at radius 3 is 1.50 bits per heavy atom. The molecule has 0 saturated carbocycles. The van der Waals surface area contributed by atoms with Gasteiger partial charge < -0.3 is 5.11 Å². The average molecular weight is 638 g/mol. The molecule has 0 saturated heterocycles. The van der Waals surface area contributed by atoms with Gasteiger partial charge in [-0.25, -0.2) is 0 Å². The van der Waals surface area contributed by atoms with Crippen molar-refractivity contribution < 1.29 is 5.11 Å². The molecule has 0 aromatic heterocycles. The van der Waals surface area contributed by atoms with E-state index in [-0.39, 0.29) is 10.8 Å². The first-order valence-corrected chi connectivity index (χ1v) is 15.5. The van der Waals surface area contributed by atoms with E-state index in [2.05, 4.69) is 93.9 Å². The first-order valence-electron chi connectivity index (χ1n) is 14.4. The zero-order chi connectivity index (χ0) is 30.3. The lowest BCUT2D eigenvalue weighted by molar-refractivity contribution is 0.126. The molecule has 5 aromatic rings. The van der Waals surface area contributed by atoms with Gasteiger partial charge in [-0.1, -0.05) is 154 Å². The summed E-state index contributed by atoms with van der Waals surface area (Å²) >= 11 is 10.5. The molecule has 0 radical (unpaired) electrons. The van der Waals surface area contributed by atoms with E-state index in [9.17, 15) is 5.11 Å². The van der Waals surface area contributed by atoms with Gasteiger partial charge in [-0.15, -0.1) is 0 Å². The van der Waals surface area contributed by atoms with Crippen LogP contribution in [0.5, 0.6) is 0 Å². The molecule has 0 unspecified atom stereocenters. The predicted molar refractivity (Wildman–Crippen MR) is 182 cm³/mol. The van der Waals surface area contributed by atoms with Crippen LogP contribution in [0.4, 0.5) is 0 Å². The first-order chi connectivity index (χ1) is 19.8. The zero-order valence-electron chi connectivity index (χ0n) is 25.2. The van der Waals surface area contributed by atoms with E-state index in [0.717, 1.165) is 37.9 Å². The number of hydrogen-bond acceptors (Lipinski definition) is 1. The monoisotopic (exact) mass is 636 g/mol. The molecule has 5 aromatic carbocycles. The summed E-state index contributed by atoms with van der Waals surface area (Å²) in [4.78, 5) is 0.